The van der Waals surface area contributed by atoms with Gasteiger partial charge >= 0.3 is 0 Å². The average molecular weight is 254 g/mol. The van der Waals surface area contributed by atoms with Crippen molar-refractivity contribution in [3.63, 3.8) is 0 Å². The standard InChI is InChI=1S/C12H13ClFN3/c13-11-3-2-10(12(14)8-11)9-15-5-7-17-6-1-4-16-17/h1-4,6,8,15H,5,7,9H2. The summed E-state index contributed by atoms with van der Waals surface area (Å²) < 4.78 is 15.2. The highest BCUT2D eigenvalue weighted by Crippen LogP contribution is 2.14. The van der Waals surface area contributed by atoms with Crippen LogP contribution in [0.15, 0.2) is 36.7 Å². The minimum atomic E-state index is -0.274. The molecule has 0 atom stereocenters. The van der Waals surface area contributed by atoms with Crippen molar-refractivity contribution in [2.24, 2.45) is 0 Å². The summed E-state index contributed by atoms with van der Waals surface area (Å²) in [7, 11) is 0. The molecule has 0 bridgehead atoms. The number of halogens is 2. The number of hydrogen-bond acceptors (Lipinski definition) is 2. The van der Waals surface area contributed by atoms with Gasteiger partial charge in [0.2, 0.25) is 0 Å². The Hall–Kier alpha value is -1.39. The van der Waals surface area contributed by atoms with E-state index in [1.54, 1.807) is 18.3 Å². The Kier molecular flexibility index (Phi) is 4.12. The lowest BCUT2D eigenvalue weighted by atomic mass is 10.2. The van der Waals surface area contributed by atoms with Crippen molar-refractivity contribution in [3.05, 3.63) is 53.1 Å². The highest BCUT2D eigenvalue weighted by atomic mass is 35.5. The van der Waals surface area contributed by atoms with Crippen LogP contribution in [-0.2, 0) is 13.1 Å². The molecular weight excluding hydrogens is 241 g/mol. The molecule has 0 spiro atoms. The highest BCUT2D eigenvalue weighted by molar-refractivity contribution is 6.30. The van der Waals surface area contributed by atoms with Crippen LogP contribution in [0.2, 0.25) is 5.02 Å². The molecule has 1 aromatic carbocycles. The zero-order valence-electron chi connectivity index (χ0n) is 9.24. The second-order valence-electron chi connectivity index (χ2n) is 3.68. The largest absolute Gasteiger partial charge is 0.311 e. The van der Waals surface area contributed by atoms with Crippen molar-refractivity contribution in [3.8, 4) is 0 Å². The monoisotopic (exact) mass is 253 g/mol. The number of rotatable bonds is 5. The van der Waals surface area contributed by atoms with Crippen LogP contribution < -0.4 is 5.32 Å². The molecule has 3 nitrogen and oxygen atoms in total. The van der Waals surface area contributed by atoms with Gasteiger partial charge in [0.15, 0.2) is 0 Å². The van der Waals surface area contributed by atoms with E-state index in [1.807, 2.05) is 16.9 Å². The molecule has 0 aliphatic heterocycles. The summed E-state index contributed by atoms with van der Waals surface area (Å²) in [6.07, 6.45) is 3.63. The first-order valence-electron chi connectivity index (χ1n) is 5.38. The van der Waals surface area contributed by atoms with Crippen molar-refractivity contribution in [1.82, 2.24) is 15.1 Å². The van der Waals surface area contributed by atoms with Gasteiger partial charge < -0.3 is 5.32 Å². The van der Waals surface area contributed by atoms with Crippen molar-refractivity contribution in [2.45, 2.75) is 13.1 Å². The molecule has 0 aliphatic carbocycles. The quantitative estimate of drug-likeness (QED) is 0.830. The molecule has 0 aliphatic rings. The van der Waals surface area contributed by atoms with Crippen LogP contribution in [-0.4, -0.2) is 16.3 Å². The first kappa shape index (κ1) is 12.1. The minimum Gasteiger partial charge on any atom is -0.311 e. The van der Waals surface area contributed by atoms with E-state index in [4.69, 9.17) is 11.6 Å². The van der Waals surface area contributed by atoms with E-state index in [2.05, 4.69) is 10.4 Å². The van der Waals surface area contributed by atoms with E-state index >= 15 is 0 Å². The van der Waals surface area contributed by atoms with E-state index in [9.17, 15) is 4.39 Å². The minimum absolute atomic E-state index is 0.274. The predicted octanol–water partition coefficient (Wildman–Crippen LogP) is 2.47. The first-order chi connectivity index (χ1) is 8.25. The summed E-state index contributed by atoms with van der Waals surface area (Å²) in [5, 5.41) is 7.65. The van der Waals surface area contributed by atoms with E-state index in [1.165, 1.54) is 6.07 Å². The van der Waals surface area contributed by atoms with Gasteiger partial charge in [0.05, 0.1) is 6.54 Å². The Balaban J connectivity index is 1.78. The summed E-state index contributed by atoms with van der Waals surface area (Å²) in [6.45, 7) is 2.00. The highest BCUT2D eigenvalue weighted by Gasteiger charge is 2.02. The van der Waals surface area contributed by atoms with Crippen LogP contribution >= 0.6 is 11.6 Å². The van der Waals surface area contributed by atoms with Crippen molar-refractivity contribution in [1.29, 1.82) is 0 Å². The Labute approximate surface area is 104 Å². The van der Waals surface area contributed by atoms with Crippen LogP contribution in [0.5, 0.6) is 0 Å². The summed E-state index contributed by atoms with van der Waals surface area (Å²) >= 11 is 5.67. The zero-order valence-corrected chi connectivity index (χ0v) is 9.99. The van der Waals surface area contributed by atoms with E-state index < -0.39 is 0 Å². The van der Waals surface area contributed by atoms with Gasteiger partial charge in [-0.2, -0.15) is 5.10 Å². The fraction of sp³-hybridized carbons (Fsp3) is 0.250. The van der Waals surface area contributed by atoms with E-state index in [0.29, 0.717) is 17.1 Å². The Morgan fingerprint density at radius 3 is 3.00 bits per heavy atom. The number of benzene rings is 1. The fourth-order valence-electron chi connectivity index (χ4n) is 1.51. The molecule has 2 rings (SSSR count). The fourth-order valence-corrected chi connectivity index (χ4v) is 1.67. The molecule has 17 heavy (non-hydrogen) atoms. The van der Waals surface area contributed by atoms with Gasteiger partial charge in [0.25, 0.3) is 0 Å². The molecule has 0 fully saturated rings. The lowest BCUT2D eigenvalue weighted by molar-refractivity contribution is 0.540. The maximum Gasteiger partial charge on any atom is 0.129 e. The zero-order chi connectivity index (χ0) is 12.1. The van der Waals surface area contributed by atoms with Crippen LogP contribution in [0, 0.1) is 5.82 Å². The third-order valence-electron chi connectivity index (χ3n) is 2.41. The van der Waals surface area contributed by atoms with E-state index in [0.717, 1.165) is 13.1 Å². The van der Waals surface area contributed by atoms with Gasteiger partial charge in [0, 0.05) is 36.1 Å². The molecule has 0 radical (unpaired) electrons. The molecule has 1 heterocycles. The van der Waals surface area contributed by atoms with Gasteiger partial charge in [-0.1, -0.05) is 17.7 Å². The molecule has 90 valence electrons. The second kappa shape index (κ2) is 5.80. The number of aromatic nitrogens is 2. The van der Waals surface area contributed by atoms with Gasteiger partial charge in [-0.05, 0) is 18.2 Å². The maximum absolute atomic E-state index is 13.4. The molecule has 0 unspecified atom stereocenters. The lowest BCUT2D eigenvalue weighted by Gasteiger charge is -2.06. The maximum atomic E-state index is 13.4. The van der Waals surface area contributed by atoms with Crippen molar-refractivity contribution >= 4 is 11.6 Å². The first-order valence-corrected chi connectivity index (χ1v) is 5.75. The summed E-state index contributed by atoms with van der Waals surface area (Å²) in [5.41, 5.74) is 0.620. The third-order valence-corrected chi connectivity index (χ3v) is 2.64. The van der Waals surface area contributed by atoms with Crippen LogP contribution in [0.3, 0.4) is 0 Å². The Bertz CT molecular complexity index is 471. The second-order valence-corrected chi connectivity index (χ2v) is 4.12. The molecule has 2 aromatic rings. The summed E-state index contributed by atoms with van der Waals surface area (Å²) in [4.78, 5) is 0. The van der Waals surface area contributed by atoms with Crippen molar-refractivity contribution < 1.29 is 4.39 Å². The molecule has 1 aromatic heterocycles. The summed E-state index contributed by atoms with van der Waals surface area (Å²) in [5.74, 6) is -0.274. The molecule has 0 amide bonds. The smallest absolute Gasteiger partial charge is 0.129 e. The van der Waals surface area contributed by atoms with Crippen molar-refractivity contribution in [2.75, 3.05) is 6.54 Å². The number of nitrogens with one attached hydrogen (secondary N) is 1. The van der Waals surface area contributed by atoms with Gasteiger partial charge in [-0.15, -0.1) is 0 Å². The normalized spacial score (nSPS) is 10.7. The summed E-state index contributed by atoms with van der Waals surface area (Å²) in [6, 6.07) is 6.58. The third kappa shape index (κ3) is 3.54. The number of nitrogens with zero attached hydrogens (tertiary/aromatic N) is 2. The van der Waals surface area contributed by atoms with Gasteiger partial charge in [-0.3, -0.25) is 4.68 Å². The molecular formula is C12H13ClFN3. The van der Waals surface area contributed by atoms with Crippen LogP contribution in [0.1, 0.15) is 5.56 Å². The molecule has 5 heteroatoms. The van der Waals surface area contributed by atoms with Crippen LogP contribution in [0.4, 0.5) is 4.39 Å². The molecule has 0 saturated carbocycles. The number of hydrogen-bond donors (Lipinski definition) is 1. The molecule has 1 N–H and O–H groups in total. The topological polar surface area (TPSA) is 29.9 Å². The predicted molar refractivity (Wildman–Crippen MR) is 65.3 cm³/mol. The lowest BCUT2D eigenvalue weighted by Crippen LogP contribution is -2.20. The average Bonchev–Trinajstić information content (AvgIpc) is 2.79. The van der Waals surface area contributed by atoms with E-state index in [-0.39, 0.29) is 5.82 Å². The Morgan fingerprint density at radius 2 is 2.29 bits per heavy atom. The Morgan fingerprint density at radius 1 is 1.41 bits per heavy atom. The van der Waals surface area contributed by atoms with Gasteiger partial charge in [0.1, 0.15) is 5.82 Å². The van der Waals surface area contributed by atoms with Gasteiger partial charge in [-0.25, -0.2) is 4.39 Å². The van der Waals surface area contributed by atoms with Crippen LogP contribution in [0.25, 0.3) is 0 Å². The molecule has 0 saturated heterocycles. The SMILES string of the molecule is Fc1cc(Cl)ccc1CNCCn1cccn1.